The van der Waals surface area contributed by atoms with Gasteiger partial charge in [-0.25, -0.2) is 9.18 Å². The lowest BCUT2D eigenvalue weighted by Crippen LogP contribution is -2.27. The van der Waals surface area contributed by atoms with Crippen LogP contribution in [0.3, 0.4) is 0 Å². The van der Waals surface area contributed by atoms with Crippen molar-refractivity contribution in [2.24, 2.45) is 17.3 Å². The normalized spacial score (nSPS) is 20.2. The van der Waals surface area contributed by atoms with Crippen LogP contribution in [-0.4, -0.2) is 25.2 Å². The second kappa shape index (κ2) is 9.25. The molecule has 33 heavy (non-hydrogen) atoms. The number of hydrogen-bond acceptors (Lipinski definition) is 5. The zero-order valence-electron chi connectivity index (χ0n) is 18.1. The topological polar surface area (TPSA) is 61.8 Å². The van der Waals surface area contributed by atoms with Crippen molar-refractivity contribution in [2.45, 2.75) is 26.1 Å². The number of alkyl halides is 3. The van der Waals surface area contributed by atoms with Crippen molar-refractivity contribution in [3.63, 3.8) is 0 Å². The van der Waals surface area contributed by atoms with Crippen molar-refractivity contribution in [3.8, 4) is 11.5 Å². The summed E-state index contributed by atoms with van der Waals surface area (Å²) in [5, 5.41) is 0. The molecule has 0 amide bonds. The summed E-state index contributed by atoms with van der Waals surface area (Å²) < 4.78 is 70.3. The number of para-hydroxylation sites is 1. The smallest absolute Gasteiger partial charge is 0.429 e. The Hall–Kier alpha value is -3.36. The van der Waals surface area contributed by atoms with Gasteiger partial charge in [0.2, 0.25) is 6.10 Å². The van der Waals surface area contributed by atoms with Crippen LogP contribution in [0.2, 0.25) is 0 Å². The predicted molar refractivity (Wildman–Crippen MR) is 110 cm³/mol. The molecule has 0 bridgehead atoms. The van der Waals surface area contributed by atoms with E-state index < -0.39 is 58.6 Å². The maximum atomic E-state index is 14.2. The number of halogens is 4. The number of hydrogen-bond donors (Lipinski definition) is 0. The minimum atomic E-state index is -4.95. The van der Waals surface area contributed by atoms with Crippen molar-refractivity contribution in [2.75, 3.05) is 7.11 Å². The van der Waals surface area contributed by atoms with Crippen molar-refractivity contribution in [1.29, 1.82) is 0 Å². The summed E-state index contributed by atoms with van der Waals surface area (Å²) in [6.45, 7) is 3.36. The minimum absolute atomic E-state index is 0.231. The quantitative estimate of drug-likeness (QED) is 0.295. The van der Waals surface area contributed by atoms with E-state index in [1.54, 1.807) is 32.0 Å². The minimum Gasteiger partial charge on any atom is -0.466 e. The van der Waals surface area contributed by atoms with Crippen LogP contribution in [0.25, 0.3) is 0 Å². The fraction of sp³-hybridized carbons (Fsp3) is 0.333. The Morgan fingerprint density at radius 3 is 2.36 bits per heavy atom. The molecule has 9 heteroatoms. The van der Waals surface area contributed by atoms with Gasteiger partial charge in [-0.05, 0) is 35.6 Å². The number of methoxy groups -OCH3 is 1. The first-order chi connectivity index (χ1) is 15.4. The third kappa shape index (κ3) is 5.53. The van der Waals surface area contributed by atoms with Crippen molar-refractivity contribution in [3.05, 3.63) is 72.1 Å². The zero-order valence-corrected chi connectivity index (χ0v) is 18.1. The molecule has 1 aliphatic rings. The average Bonchev–Trinajstić information content (AvgIpc) is 3.32. The molecule has 2 aromatic rings. The van der Waals surface area contributed by atoms with Crippen LogP contribution in [0.15, 0.2) is 60.7 Å². The average molecular weight is 466 g/mol. The van der Waals surface area contributed by atoms with Gasteiger partial charge in [-0.15, -0.1) is 0 Å². The Morgan fingerprint density at radius 2 is 1.76 bits per heavy atom. The van der Waals surface area contributed by atoms with E-state index in [9.17, 15) is 27.2 Å². The molecule has 1 aliphatic carbocycles. The highest BCUT2D eigenvalue weighted by atomic mass is 19.4. The molecular formula is C24H22F4O5. The van der Waals surface area contributed by atoms with Gasteiger partial charge in [0.1, 0.15) is 5.75 Å². The molecular weight excluding hydrogens is 444 g/mol. The van der Waals surface area contributed by atoms with E-state index >= 15 is 0 Å². The molecule has 0 unspecified atom stereocenters. The molecule has 0 aromatic heterocycles. The third-order valence-corrected chi connectivity index (χ3v) is 5.57. The second-order valence-electron chi connectivity index (χ2n) is 8.17. The highest BCUT2D eigenvalue weighted by Gasteiger charge is 2.62. The van der Waals surface area contributed by atoms with Crippen molar-refractivity contribution >= 4 is 11.9 Å². The number of esters is 2. The van der Waals surface area contributed by atoms with E-state index in [1.807, 2.05) is 0 Å². The lowest BCUT2D eigenvalue weighted by molar-refractivity contribution is -0.225. The van der Waals surface area contributed by atoms with Crippen molar-refractivity contribution < 1.29 is 41.4 Å². The number of ether oxygens (including phenoxy) is 3. The maximum Gasteiger partial charge on any atom is 0.429 e. The summed E-state index contributed by atoms with van der Waals surface area (Å²) in [4.78, 5) is 23.9. The van der Waals surface area contributed by atoms with Gasteiger partial charge in [-0.2, -0.15) is 13.2 Å². The first-order valence-electron chi connectivity index (χ1n) is 10.0. The lowest BCUT2D eigenvalue weighted by atomic mass is 10.1. The number of carbonyl (C=O) groups is 2. The molecule has 0 N–H and O–H groups in total. The molecule has 3 rings (SSSR count). The highest BCUT2D eigenvalue weighted by Crippen LogP contribution is 2.60. The van der Waals surface area contributed by atoms with Crippen LogP contribution < -0.4 is 4.74 Å². The van der Waals surface area contributed by atoms with Crippen LogP contribution >= 0.6 is 0 Å². The summed E-state index contributed by atoms with van der Waals surface area (Å²) >= 11 is 0. The van der Waals surface area contributed by atoms with Crippen LogP contribution in [0, 0.1) is 23.1 Å². The van der Waals surface area contributed by atoms with Gasteiger partial charge >= 0.3 is 18.1 Å². The largest absolute Gasteiger partial charge is 0.466 e. The monoisotopic (exact) mass is 466 g/mol. The Morgan fingerprint density at radius 1 is 1.09 bits per heavy atom. The highest BCUT2D eigenvalue weighted by molar-refractivity contribution is 5.83. The predicted octanol–water partition coefficient (Wildman–Crippen LogP) is 5.77. The molecule has 2 aromatic carbocycles. The van der Waals surface area contributed by atoms with Gasteiger partial charge in [-0.1, -0.05) is 44.2 Å². The van der Waals surface area contributed by atoms with Crippen LogP contribution in [0.1, 0.15) is 25.5 Å². The number of rotatable bonds is 7. The van der Waals surface area contributed by atoms with E-state index in [2.05, 4.69) is 4.74 Å². The molecule has 3 atom stereocenters. The summed E-state index contributed by atoms with van der Waals surface area (Å²) in [7, 11) is 1.18. The summed E-state index contributed by atoms with van der Waals surface area (Å²) in [6, 6.07) is 10.6. The van der Waals surface area contributed by atoms with Crippen LogP contribution in [-0.2, 0) is 19.1 Å². The van der Waals surface area contributed by atoms with Gasteiger partial charge in [-0.3, -0.25) is 4.79 Å². The van der Waals surface area contributed by atoms with Gasteiger partial charge < -0.3 is 14.2 Å². The van der Waals surface area contributed by atoms with Crippen LogP contribution in [0.5, 0.6) is 11.5 Å². The fourth-order valence-corrected chi connectivity index (χ4v) is 3.63. The molecule has 176 valence electrons. The van der Waals surface area contributed by atoms with E-state index in [0.29, 0.717) is 0 Å². The Labute approximate surface area is 187 Å². The summed E-state index contributed by atoms with van der Waals surface area (Å²) in [5.41, 5.74) is -1.19. The standard InChI is InChI=1S/C24H22F4O5/c1-23(2)16(10-12-19(29)31-3)20(23)22(30)33-21(24(26,27)28)14-9-11-17(25)18(13-14)32-15-7-5-4-6-8-15/h4-13,16,20-21H,1-3H3/t16-,20-,21+/m0/s1. The second-order valence-corrected chi connectivity index (χ2v) is 8.17. The maximum absolute atomic E-state index is 14.2. The number of benzene rings is 2. The van der Waals surface area contributed by atoms with E-state index in [-0.39, 0.29) is 5.75 Å². The molecule has 0 saturated heterocycles. The van der Waals surface area contributed by atoms with Crippen LogP contribution in [0.4, 0.5) is 17.6 Å². The first kappa shape index (κ1) is 24.3. The Bertz CT molecular complexity index is 1050. The van der Waals surface area contributed by atoms with Gasteiger partial charge in [0.25, 0.3) is 0 Å². The molecule has 0 radical (unpaired) electrons. The Kier molecular flexibility index (Phi) is 6.81. The number of carbonyl (C=O) groups excluding carboxylic acids is 2. The molecule has 0 spiro atoms. The van der Waals surface area contributed by atoms with Gasteiger partial charge in [0.05, 0.1) is 13.0 Å². The molecule has 5 nitrogen and oxygen atoms in total. The van der Waals surface area contributed by atoms with Gasteiger partial charge in [0.15, 0.2) is 11.6 Å². The zero-order chi connectivity index (χ0) is 24.4. The Balaban J connectivity index is 1.82. The van der Waals surface area contributed by atoms with Crippen molar-refractivity contribution in [1.82, 2.24) is 0 Å². The third-order valence-electron chi connectivity index (χ3n) is 5.57. The molecule has 0 aliphatic heterocycles. The van der Waals surface area contributed by atoms with E-state index in [4.69, 9.17) is 9.47 Å². The molecule has 1 fully saturated rings. The van der Waals surface area contributed by atoms with E-state index in [0.717, 1.165) is 24.3 Å². The lowest BCUT2D eigenvalue weighted by Gasteiger charge is -2.22. The molecule has 1 saturated carbocycles. The first-order valence-corrected chi connectivity index (χ1v) is 10.0. The summed E-state index contributed by atoms with van der Waals surface area (Å²) in [5.74, 6) is -4.17. The van der Waals surface area contributed by atoms with Gasteiger partial charge in [0, 0.05) is 11.6 Å². The molecule has 0 heterocycles. The number of allylic oxidation sites excluding steroid dienone is 1. The van der Waals surface area contributed by atoms with E-state index in [1.165, 1.54) is 25.3 Å². The SMILES string of the molecule is COC(=O)C=C[C@H]1[C@@H](C(=O)O[C@H](c2ccc(F)c(Oc3ccccc3)c2)C(F)(F)F)C1(C)C. The summed E-state index contributed by atoms with van der Waals surface area (Å²) in [6.07, 6.45) is -5.03. The fourth-order valence-electron chi connectivity index (χ4n) is 3.63.